The molecule has 0 amide bonds. The molecule has 2 nitrogen and oxygen atoms in total. The van der Waals surface area contributed by atoms with Gasteiger partial charge in [-0.15, -0.1) is 23.2 Å². The molecule has 13 heavy (non-hydrogen) atoms. The molecule has 0 atom stereocenters. The Kier molecular flexibility index (Phi) is 22.7. The van der Waals surface area contributed by atoms with Gasteiger partial charge in [0.25, 0.3) is 0 Å². The summed E-state index contributed by atoms with van der Waals surface area (Å²) in [6.45, 7) is 0. The summed E-state index contributed by atoms with van der Waals surface area (Å²) in [5.41, 5.74) is 5.31. The minimum atomic E-state index is 0. The van der Waals surface area contributed by atoms with Crippen molar-refractivity contribution in [2.75, 3.05) is 0 Å². The molecule has 0 aromatic carbocycles. The average molecular weight is 276 g/mol. The Hall–Kier alpha value is 0.771. The van der Waals surface area contributed by atoms with E-state index < -0.39 is 0 Å². The molecule has 0 spiro atoms. The standard InChI is InChI=1S/2C3H2NS.ClH.Li.Zn/c2*1-2-5-3-4-1;;;/h2*1-2H;1H;;/q2*-1;;+1;+2/p-1. The molecule has 0 unspecified atom stereocenters. The van der Waals surface area contributed by atoms with E-state index in [1.54, 1.807) is 12.4 Å². The van der Waals surface area contributed by atoms with Crippen molar-refractivity contribution in [3.63, 3.8) is 0 Å². The smallest absolute Gasteiger partial charge is 1.00 e. The number of nitrogens with zero attached hydrogens (tertiary/aromatic N) is 2. The molecule has 0 radical (unpaired) electrons. The van der Waals surface area contributed by atoms with Crippen molar-refractivity contribution in [1.82, 2.24) is 9.97 Å². The summed E-state index contributed by atoms with van der Waals surface area (Å²) < 4.78 is 0. The third-order valence-electron chi connectivity index (χ3n) is 0.618. The second-order valence-electron chi connectivity index (χ2n) is 1.25. The summed E-state index contributed by atoms with van der Waals surface area (Å²) in [7, 11) is 0. The van der Waals surface area contributed by atoms with Crippen molar-refractivity contribution in [2.45, 2.75) is 0 Å². The van der Waals surface area contributed by atoms with Crippen LogP contribution in [0.15, 0.2) is 23.2 Å². The van der Waals surface area contributed by atoms with Gasteiger partial charge in [-0.2, -0.15) is 0 Å². The van der Waals surface area contributed by atoms with E-state index in [1.807, 2.05) is 10.8 Å². The molecule has 2 aromatic rings. The van der Waals surface area contributed by atoms with Crippen molar-refractivity contribution in [2.24, 2.45) is 0 Å². The minimum Gasteiger partial charge on any atom is -1.00 e. The van der Waals surface area contributed by atoms with E-state index in [0.29, 0.717) is 0 Å². The van der Waals surface area contributed by atoms with Gasteiger partial charge in [0.05, 0.1) is 0 Å². The van der Waals surface area contributed by atoms with Crippen molar-refractivity contribution in [1.29, 1.82) is 0 Å². The summed E-state index contributed by atoms with van der Waals surface area (Å²) in [6.07, 6.45) is 3.43. The van der Waals surface area contributed by atoms with Crippen LogP contribution in [0.2, 0.25) is 0 Å². The first kappa shape index (κ1) is 19.4. The fourth-order valence-corrected chi connectivity index (χ4v) is 0.913. The van der Waals surface area contributed by atoms with E-state index in [9.17, 15) is 0 Å². The van der Waals surface area contributed by atoms with Gasteiger partial charge >= 0.3 is 38.3 Å². The van der Waals surface area contributed by atoms with Crippen LogP contribution in [0, 0.1) is 11.0 Å². The molecule has 0 saturated carbocycles. The summed E-state index contributed by atoms with van der Waals surface area (Å²) >= 11 is 2.95. The summed E-state index contributed by atoms with van der Waals surface area (Å²) in [6, 6.07) is 0. The zero-order chi connectivity index (χ0) is 7.07. The van der Waals surface area contributed by atoms with Crippen LogP contribution >= 0.6 is 22.7 Å². The number of rotatable bonds is 0. The molecule has 0 aliphatic rings. The monoisotopic (exact) mass is 274 g/mol. The van der Waals surface area contributed by atoms with Gasteiger partial charge in [-0.1, -0.05) is 0 Å². The van der Waals surface area contributed by atoms with Crippen LogP contribution < -0.4 is 31.3 Å². The molecular formula is C6H4ClLiN2S2Zn. The molecule has 0 aliphatic heterocycles. The number of thiazole rings is 2. The van der Waals surface area contributed by atoms with Crippen LogP contribution in [-0.4, -0.2) is 9.97 Å². The second-order valence-corrected chi connectivity index (χ2v) is 2.63. The van der Waals surface area contributed by atoms with Gasteiger partial charge in [-0.3, -0.25) is 22.7 Å². The zero-order valence-corrected chi connectivity index (χ0v) is 12.5. The van der Waals surface area contributed by atoms with Crippen molar-refractivity contribution >= 4 is 22.7 Å². The Morgan fingerprint density at radius 3 is 1.38 bits per heavy atom. The van der Waals surface area contributed by atoms with Gasteiger partial charge in [-0.05, 0) is 11.0 Å². The maximum absolute atomic E-state index is 3.62. The van der Waals surface area contributed by atoms with E-state index in [1.165, 1.54) is 22.7 Å². The van der Waals surface area contributed by atoms with Gasteiger partial charge < -0.3 is 22.4 Å². The SMILES string of the molecule is [Cl-].[Li+].[Zn+2].[c-]1nccs1.[c-]1nccs1. The summed E-state index contributed by atoms with van der Waals surface area (Å²) in [5, 5.41) is 3.75. The van der Waals surface area contributed by atoms with Gasteiger partial charge in [0.1, 0.15) is 0 Å². The van der Waals surface area contributed by atoms with Crippen molar-refractivity contribution in [3.05, 3.63) is 34.2 Å². The molecule has 2 aromatic heterocycles. The van der Waals surface area contributed by atoms with Crippen molar-refractivity contribution < 1.29 is 50.7 Å². The van der Waals surface area contributed by atoms with Crippen LogP contribution in [0.4, 0.5) is 0 Å². The third-order valence-corrected chi connectivity index (χ3v) is 1.55. The Morgan fingerprint density at radius 1 is 0.923 bits per heavy atom. The van der Waals surface area contributed by atoms with Crippen LogP contribution in [0.25, 0.3) is 0 Å². The van der Waals surface area contributed by atoms with Gasteiger partial charge in [0.15, 0.2) is 0 Å². The van der Waals surface area contributed by atoms with Gasteiger partial charge in [-0.25, -0.2) is 0 Å². The first-order valence-electron chi connectivity index (χ1n) is 2.51. The minimum absolute atomic E-state index is 0. The molecule has 0 saturated heterocycles. The number of hydrogen-bond donors (Lipinski definition) is 0. The van der Waals surface area contributed by atoms with Gasteiger partial charge in [0, 0.05) is 0 Å². The fourth-order valence-electron chi connectivity index (χ4n) is 0.304. The molecule has 0 fully saturated rings. The van der Waals surface area contributed by atoms with E-state index in [0.717, 1.165) is 0 Å². The first-order valence-corrected chi connectivity index (χ1v) is 4.27. The number of halogens is 1. The molecule has 0 bridgehead atoms. The molecular weight excluding hydrogens is 272 g/mol. The normalized spacial score (nSPS) is 6.15. The largest absolute Gasteiger partial charge is 2.00 e. The summed E-state index contributed by atoms with van der Waals surface area (Å²) in [5.74, 6) is 0. The first-order chi connectivity index (χ1) is 5.00. The Morgan fingerprint density at radius 2 is 1.31 bits per heavy atom. The van der Waals surface area contributed by atoms with Crippen molar-refractivity contribution in [3.8, 4) is 0 Å². The Bertz CT molecular complexity index is 168. The second kappa shape index (κ2) is 15.3. The Balaban J connectivity index is -0.000000125. The molecule has 60 valence electrons. The molecule has 2 heterocycles. The zero-order valence-electron chi connectivity index (χ0n) is 7.11. The third kappa shape index (κ3) is 12.8. The number of hydrogen-bond acceptors (Lipinski definition) is 4. The quantitative estimate of drug-likeness (QED) is 0.361. The van der Waals surface area contributed by atoms with Crippen LogP contribution in [-0.2, 0) is 19.5 Å². The maximum atomic E-state index is 3.62. The van der Waals surface area contributed by atoms with Crippen LogP contribution in [0.5, 0.6) is 0 Å². The van der Waals surface area contributed by atoms with Crippen LogP contribution in [0.3, 0.4) is 0 Å². The van der Waals surface area contributed by atoms with E-state index in [-0.39, 0.29) is 50.7 Å². The predicted molar refractivity (Wildman–Crippen MR) is 41.9 cm³/mol. The van der Waals surface area contributed by atoms with E-state index in [2.05, 4.69) is 21.0 Å². The Labute approximate surface area is 117 Å². The molecule has 2 rings (SSSR count). The van der Waals surface area contributed by atoms with E-state index >= 15 is 0 Å². The topological polar surface area (TPSA) is 25.8 Å². The number of aromatic nitrogens is 2. The average Bonchev–Trinajstić information content (AvgIpc) is 2.67. The van der Waals surface area contributed by atoms with E-state index in [4.69, 9.17) is 0 Å². The molecule has 0 N–H and O–H groups in total. The molecule has 7 heteroatoms. The van der Waals surface area contributed by atoms with Gasteiger partial charge in [0.2, 0.25) is 0 Å². The fraction of sp³-hybridized carbons (Fsp3) is 0. The maximum Gasteiger partial charge on any atom is 2.00 e. The predicted octanol–water partition coefficient (Wildman–Crippen LogP) is -4.11. The summed E-state index contributed by atoms with van der Waals surface area (Å²) in [4.78, 5) is 7.23. The van der Waals surface area contributed by atoms with Crippen LogP contribution in [0.1, 0.15) is 0 Å². The molecule has 0 aliphatic carbocycles.